The van der Waals surface area contributed by atoms with Crippen LogP contribution in [0.2, 0.25) is 0 Å². The van der Waals surface area contributed by atoms with Crippen molar-refractivity contribution in [1.29, 1.82) is 0 Å². The topological polar surface area (TPSA) is 18.5 Å². The highest BCUT2D eigenvalue weighted by molar-refractivity contribution is 4.82. The highest BCUT2D eigenvalue weighted by atomic mass is 15.2. The maximum atomic E-state index is 3.50. The first-order valence-corrected chi connectivity index (χ1v) is 9.39. The van der Waals surface area contributed by atoms with Gasteiger partial charge in [0.2, 0.25) is 0 Å². The molecule has 2 aliphatic rings. The van der Waals surface area contributed by atoms with Crippen molar-refractivity contribution in [2.75, 3.05) is 39.3 Å². The first-order valence-electron chi connectivity index (χ1n) is 9.39. The Hall–Kier alpha value is -0.120. The van der Waals surface area contributed by atoms with Crippen LogP contribution in [0.15, 0.2) is 0 Å². The molecule has 1 atom stereocenters. The molecular formula is C18H37N3. The van der Waals surface area contributed by atoms with E-state index in [1.54, 1.807) is 0 Å². The predicted octanol–water partition coefficient (Wildman–Crippen LogP) is 2.96. The van der Waals surface area contributed by atoms with Crippen LogP contribution in [0.4, 0.5) is 0 Å². The summed E-state index contributed by atoms with van der Waals surface area (Å²) in [4.78, 5) is 5.52. The van der Waals surface area contributed by atoms with Crippen LogP contribution in [0.5, 0.6) is 0 Å². The molecule has 21 heavy (non-hydrogen) atoms. The van der Waals surface area contributed by atoms with Crippen LogP contribution in [-0.4, -0.2) is 61.2 Å². The average molecular weight is 296 g/mol. The maximum Gasteiger partial charge on any atom is 0.0111 e. The molecule has 124 valence electrons. The van der Waals surface area contributed by atoms with Gasteiger partial charge in [0, 0.05) is 18.6 Å². The molecule has 0 spiro atoms. The number of nitrogens with zero attached hydrogens (tertiary/aromatic N) is 2. The third-order valence-electron chi connectivity index (χ3n) is 5.39. The molecular weight excluding hydrogens is 258 g/mol. The predicted molar refractivity (Wildman–Crippen MR) is 91.8 cm³/mol. The van der Waals surface area contributed by atoms with Gasteiger partial charge in [-0.15, -0.1) is 0 Å². The van der Waals surface area contributed by atoms with Crippen molar-refractivity contribution < 1.29 is 0 Å². The molecule has 0 amide bonds. The summed E-state index contributed by atoms with van der Waals surface area (Å²) in [5.41, 5.74) is 0. The van der Waals surface area contributed by atoms with Gasteiger partial charge in [0.25, 0.3) is 0 Å². The van der Waals surface area contributed by atoms with E-state index in [0.717, 1.165) is 12.0 Å². The lowest BCUT2D eigenvalue weighted by atomic mass is 9.95. The lowest BCUT2D eigenvalue weighted by Gasteiger charge is -2.38. The summed E-state index contributed by atoms with van der Waals surface area (Å²) in [7, 11) is 0. The van der Waals surface area contributed by atoms with E-state index in [4.69, 9.17) is 0 Å². The van der Waals surface area contributed by atoms with E-state index in [2.05, 4.69) is 35.9 Å². The minimum Gasteiger partial charge on any atom is -0.317 e. The zero-order valence-corrected chi connectivity index (χ0v) is 14.6. The lowest BCUT2D eigenvalue weighted by molar-refractivity contribution is 0.105. The average Bonchev–Trinajstić information content (AvgIpc) is 2.72. The van der Waals surface area contributed by atoms with Gasteiger partial charge in [-0.1, -0.05) is 6.92 Å². The second-order valence-corrected chi connectivity index (χ2v) is 7.41. The molecule has 2 fully saturated rings. The van der Waals surface area contributed by atoms with Crippen molar-refractivity contribution >= 4 is 0 Å². The molecule has 0 radical (unpaired) electrons. The van der Waals surface area contributed by atoms with E-state index in [9.17, 15) is 0 Å². The summed E-state index contributed by atoms with van der Waals surface area (Å²) in [6, 6.07) is 1.52. The lowest BCUT2D eigenvalue weighted by Crippen LogP contribution is -2.45. The molecule has 2 rings (SSSR count). The number of rotatable bonds is 6. The summed E-state index contributed by atoms with van der Waals surface area (Å²) >= 11 is 0. The smallest absolute Gasteiger partial charge is 0.0111 e. The minimum atomic E-state index is 0.697. The van der Waals surface area contributed by atoms with Gasteiger partial charge in [0.05, 0.1) is 0 Å². The normalized spacial score (nSPS) is 26.4. The molecule has 1 unspecified atom stereocenters. The Morgan fingerprint density at radius 1 is 1.10 bits per heavy atom. The van der Waals surface area contributed by atoms with Crippen LogP contribution in [0, 0.1) is 5.92 Å². The fourth-order valence-corrected chi connectivity index (χ4v) is 4.15. The van der Waals surface area contributed by atoms with Crippen LogP contribution >= 0.6 is 0 Å². The number of piperidine rings is 1. The minimum absolute atomic E-state index is 0.697. The van der Waals surface area contributed by atoms with Crippen LogP contribution in [0.25, 0.3) is 0 Å². The quantitative estimate of drug-likeness (QED) is 0.813. The third-order valence-corrected chi connectivity index (χ3v) is 5.39. The van der Waals surface area contributed by atoms with E-state index in [1.165, 1.54) is 77.8 Å². The van der Waals surface area contributed by atoms with E-state index < -0.39 is 0 Å². The van der Waals surface area contributed by atoms with Gasteiger partial charge in [-0.25, -0.2) is 0 Å². The fourth-order valence-electron chi connectivity index (χ4n) is 4.15. The van der Waals surface area contributed by atoms with Crippen LogP contribution in [-0.2, 0) is 0 Å². The molecule has 0 bridgehead atoms. The molecule has 2 saturated heterocycles. The van der Waals surface area contributed by atoms with Crippen LogP contribution in [0.1, 0.15) is 59.3 Å². The number of likely N-dealkylation sites (tertiary alicyclic amines) is 1. The first-order chi connectivity index (χ1) is 10.2. The molecule has 1 N–H and O–H groups in total. The van der Waals surface area contributed by atoms with Crippen molar-refractivity contribution in [1.82, 2.24) is 15.1 Å². The van der Waals surface area contributed by atoms with E-state index >= 15 is 0 Å². The van der Waals surface area contributed by atoms with Gasteiger partial charge >= 0.3 is 0 Å². The molecule has 2 heterocycles. The first kappa shape index (κ1) is 17.2. The van der Waals surface area contributed by atoms with E-state index in [-0.39, 0.29) is 0 Å². The Kier molecular flexibility index (Phi) is 7.48. The molecule has 0 saturated carbocycles. The molecule has 2 aliphatic heterocycles. The van der Waals surface area contributed by atoms with Gasteiger partial charge in [0.15, 0.2) is 0 Å². The SMILES string of the molecule is CCCN1CCCC(N(CC2CCNCC2)C(C)C)CC1. The Balaban J connectivity index is 1.87. The summed E-state index contributed by atoms with van der Waals surface area (Å²) in [5.74, 6) is 0.920. The van der Waals surface area contributed by atoms with Gasteiger partial charge in [-0.3, -0.25) is 4.90 Å². The molecule has 3 heteroatoms. The molecule has 0 aromatic rings. The number of hydrogen-bond donors (Lipinski definition) is 1. The molecule has 0 aromatic heterocycles. The highest BCUT2D eigenvalue weighted by Crippen LogP contribution is 2.23. The number of hydrogen-bond acceptors (Lipinski definition) is 3. The second-order valence-electron chi connectivity index (χ2n) is 7.41. The monoisotopic (exact) mass is 295 g/mol. The Labute approximate surface area is 132 Å². The van der Waals surface area contributed by atoms with Crippen LogP contribution in [0.3, 0.4) is 0 Å². The van der Waals surface area contributed by atoms with Crippen molar-refractivity contribution in [2.24, 2.45) is 5.92 Å². The van der Waals surface area contributed by atoms with Crippen molar-refractivity contribution in [3.05, 3.63) is 0 Å². The molecule has 0 aliphatic carbocycles. The van der Waals surface area contributed by atoms with E-state index in [1.807, 2.05) is 0 Å². The second kappa shape index (κ2) is 9.12. The zero-order chi connectivity index (χ0) is 15.1. The summed E-state index contributed by atoms with van der Waals surface area (Å²) in [5, 5.41) is 3.50. The van der Waals surface area contributed by atoms with Gasteiger partial charge in [-0.05, 0) is 91.0 Å². The third kappa shape index (κ3) is 5.54. The number of nitrogens with one attached hydrogen (secondary N) is 1. The fraction of sp³-hybridized carbons (Fsp3) is 1.00. The van der Waals surface area contributed by atoms with Gasteiger partial charge in [-0.2, -0.15) is 0 Å². The van der Waals surface area contributed by atoms with Gasteiger partial charge < -0.3 is 10.2 Å². The van der Waals surface area contributed by atoms with E-state index in [0.29, 0.717) is 6.04 Å². The Bertz CT molecular complexity index is 274. The Morgan fingerprint density at radius 3 is 2.52 bits per heavy atom. The van der Waals surface area contributed by atoms with Crippen LogP contribution < -0.4 is 5.32 Å². The molecule has 3 nitrogen and oxygen atoms in total. The van der Waals surface area contributed by atoms with Crippen molar-refractivity contribution in [2.45, 2.75) is 71.4 Å². The standard InChI is InChI=1S/C18H37N3/c1-4-12-20-13-5-6-18(9-14-20)21(16(2)3)15-17-7-10-19-11-8-17/h16-19H,4-15H2,1-3H3. The largest absolute Gasteiger partial charge is 0.317 e. The molecule has 0 aromatic carbocycles. The summed E-state index contributed by atoms with van der Waals surface area (Å²) in [6.07, 6.45) is 8.22. The summed E-state index contributed by atoms with van der Waals surface area (Å²) < 4.78 is 0. The maximum absolute atomic E-state index is 3.50. The summed E-state index contributed by atoms with van der Waals surface area (Å²) in [6.45, 7) is 14.8. The zero-order valence-electron chi connectivity index (χ0n) is 14.6. The van der Waals surface area contributed by atoms with Gasteiger partial charge in [0.1, 0.15) is 0 Å². The van der Waals surface area contributed by atoms with Crippen molar-refractivity contribution in [3.8, 4) is 0 Å². The highest BCUT2D eigenvalue weighted by Gasteiger charge is 2.27. The van der Waals surface area contributed by atoms with Crippen molar-refractivity contribution in [3.63, 3.8) is 0 Å². The Morgan fingerprint density at radius 2 is 1.86 bits per heavy atom.